The first-order valence-corrected chi connectivity index (χ1v) is 13.4. The zero-order chi connectivity index (χ0) is 28.0. The van der Waals surface area contributed by atoms with E-state index in [2.05, 4.69) is 9.97 Å². The van der Waals surface area contributed by atoms with Gasteiger partial charge in [-0.2, -0.15) is 26.3 Å². The third-order valence-electron chi connectivity index (χ3n) is 6.08. The summed E-state index contributed by atoms with van der Waals surface area (Å²) in [6, 6.07) is 8.71. The van der Waals surface area contributed by atoms with Crippen molar-refractivity contribution in [2.75, 3.05) is 13.2 Å². The summed E-state index contributed by atoms with van der Waals surface area (Å²) < 4.78 is 103. The Morgan fingerprint density at radius 2 is 1.00 bits per heavy atom. The van der Waals surface area contributed by atoms with Gasteiger partial charge < -0.3 is 9.47 Å². The quantitative estimate of drug-likeness (QED) is 0.195. The Morgan fingerprint density at radius 3 is 1.33 bits per heavy atom. The molecule has 0 aliphatic heterocycles. The molecule has 0 saturated carbocycles. The predicted molar refractivity (Wildman–Crippen MR) is 139 cm³/mol. The number of alkyl halides is 6. The third kappa shape index (κ3) is 4.29. The van der Waals surface area contributed by atoms with Crippen molar-refractivity contribution in [2.45, 2.75) is 31.6 Å². The van der Waals surface area contributed by atoms with Crippen molar-refractivity contribution in [3.8, 4) is 31.0 Å². The third-order valence-corrected chi connectivity index (χ3v) is 8.28. The van der Waals surface area contributed by atoms with Crippen molar-refractivity contribution in [2.24, 2.45) is 0 Å². The van der Waals surface area contributed by atoms with Crippen LogP contribution in [0.25, 0.3) is 32.0 Å². The highest BCUT2D eigenvalue weighted by Gasteiger charge is 2.80. The number of hydrogen-bond donors (Lipinski definition) is 0. The number of pyridine rings is 2. The number of rotatable bonds is 8. The topological polar surface area (TPSA) is 44.2 Å². The number of allylic oxidation sites excluding steroid dienone is 2. The summed E-state index contributed by atoms with van der Waals surface area (Å²) in [6.07, 6.45) is 5.86. The minimum absolute atomic E-state index is 0.000886. The van der Waals surface area contributed by atoms with Crippen LogP contribution < -0.4 is 9.47 Å². The van der Waals surface area contributed by atoms with Gasteiger partial charge in [-0.15, -0.1) is 0 Å². The molecule has 0 radical (unpaired) electrons. The highest BCUT2D eigenvalue weighted by molar-refractivity contribution is 7.18. The molecule has 39 heavy (non-hydrogen) atoms. The molecule has 1 aliphatic rings. The zero-order valence-corrected chi connectivity index (χ0v) is 22.1. The van der Waals surface area contributed by atoms with Crippen molar-refractivity contribution in [1.82, 2.24) is 9.97 Å². The lowest BCUT2D eigenvalue weighted by Crippen LogP contribution is -2.48. The molecular formula is C27H20F6N2O2S2. The Morgan fingerprint density at radius 1 is 0.641 bits per heavy atom. The van der Waals surface area contributed by atoms with Crippen molar-refractivity contribution >= 4 is 33.8 Å². The molecule has 0 bridgehead atoms. The molecule has 0 aromatic carbocycles. The lowest BCUT2D eigenvalue weighted by Gasteiger charge is -2.25. The first-order chi connectivity index (χ1) is 18.5. The van der Waals surface area contributed by atoms with Crippen LogP contribution in [0, 0.1) is 0 Å². The number of thiophene rings is 2. The lowest BCUT2D eigenvalue weighted by molar-refractivity contribution is -0.254. The largest absolute Gasteiger partial charge is 0.484 e. The molecule has 1 aliphatic carbocycles. The number of ether oxygens (including phenoxy) is 2. The van der Waals surface area contributed by atoms with Crippen LogP contribution in [-0.2, 0) is 0 Å². The van der Waals surface area contributed by atoms with E-state index in [9.17, 15) is 0 Å². The van der Waals surface area contributed by atoms with E-state index in [1.54, 1.807) is 38.1 Å². The van der Waals surface area contributed by atoms with Gasteiger partial charge in [0.15, 0.2) is 10.1 Å². The monoisotopic (exact) mass is 582 g/mol. The van der Waals surface area contributed by atoms with Gasteiger partial charge in [-0.1, -0.05) is 22.7 Å². The number of hydrogen-bond acceptors (Lipinski definition) is 6. The maximum atomic E-state index is 15.6. The SMILES string of the molecule is CCOc1sc(-c2ccncc2)cc1C1=C(c2cc(-c3ccncc3)sc2OCC)C(F)(F)C(F)(F)C1(F)F. The second-order valence-corrected chi connectivity index (χ2v) is 10.5. The number of halogens is 6. The molecule has 4 nitrogen and oxygen atoms in total. The molecule has 4 aromatic rings. The van der Waals surface area contributed by atoms with Gasteiger partial charge in [0.25, 0.3) is 0 Å². The molecule has 5 rings (SSSR count). The van der Waals surface area contributed by atoms with Crippen LogP contribution in [0.4, 0.5) is 26.3 Å². The summed E-state index contributed by atoms with van der Waals surface area (Å²) in [5.74, 6) is -16.2. The molecular weight excluding hydrogens is 562 g/mol. The predicted octanol–water partition coefficient (Wildman–Crippen LogP) is 8.56. The Bertz CT molecular complexity index is 1410. The van der Waals surface area contributed by atoms with Crippen molar-refractivity contribution < 1.29 is 35.8 Å². The van der Waals surface area contributed by atoms with E-state index in [0.717, 1.165) is 22.7 Å². The maximum Gasteiger partial charge on any atom is 0.380 e. The highest BCUT2D eigenvalue weighted by atomic mass is 32.1. The van der Waals surface area contributed by atoms with Crippen molar-refractivity contribution in [3.05, 3.63) is 72.3 Å². The van der Waals surface area contributed by atoms with Gasteiger partial charge in [0.2, 0.25) is 0 Å². The van der Waals surface area contributed by atoms with Gasteiger partial charge in [-0.3, -0.25) is 9.97 Å². The van der Waals surface area contributed by atoms with E-state index >= 15 is 26.3 Å². The Labute approximate surface area is 227 Å². The molecule has 4 heterocycles. The van der Waals surface area contributed by atoms with Crippen LogP contribution in [-0.4, -0.2) is 40.9 Å². The second kappa shape index (κ2) is 9.98. The molecule has 0 N–H and O–H groups in total. The molecule has 12 heteroatoms. The van der Waals surface area contributed by atoms with E-state index in [-0.39, 0.29) is 23.3 Å². The summed E-state index contributed by atoms with van der Waals surface area (Å²) >= 11 is 1.79. The van der Waals surface area contributed by atoms with Gasteiger partial charge in [0, 0.05) is 56.8 Å². The van der Waals surface area contributed by atoms with E-state index in [4.69, 9.17) is 9.47 Å². The summed E-state index contributed by atoms with van der Waals surface area (Å²) in [4.78, 5) is 8.55. The summed E-state index contributed by atoms with van der Waals surface area (Å²) in [5, 5.41) is -0.347. The van der Waals surface area contributed by atoms with Crippen LogP contribution in [0.3, 0.4) is 0 Å². The zero-order valence-electron chi connectivity index (χ0n) is 20.5. The fraction of sp³-hybridized carbons (Fsp3) is 0.259. The van der Waals surface area contributed by atoms with Crippen LogP contribution in [0.1, 0.15) is 25.0 Å². The van der Waals surface area contributed by atoms with E-state index < -0.39 is 40.0 Å². The first kappa shape index (κ1) is 27.2. The summed E-state index contributed by atoms with van der Waals surface area (Å²) in [6.45, 7) is 3.15. The maximum absolute atomic E-state index is 15.6. The summed E-state index contributed by atoms with van der Waals surface area (Å²) in [5.41, 5.74) is -2.95. The average Bonchev–Trinajstić information content (AvgIpc) is 3.54. The van der Waals surface area contributed by atoms with E-state index in [0.29, 0.717) is 20.9 Å². The molecule has 0 unspecified atom stereocenters. The van der Waals surface area contributed by atoms with Crippen molar-refractivity contribution in [1.29, 1.82) is 0 Å². The van der Waals surface area contributed by atoms with Gasteiger partial charge in [0.1, 0.15) is 0 Å². The van der Waals surface area contributed by atoms with E-state index in [1.165, 1.54) is 36.9 Å². The van der Waals surface area contributed by atoms with Gasteiger partial charge in [-0.05, 0) is 61.4 Å². The molecule has 0 spiro atoms. The number of aromatic nitrogens is 2. The Balaban J connectivity index is 1.83. The summed E-state index contributed by atoms with van der Waals surface area (Å²) in [7, 11) is 0. The average molecular weight is 583 g/mol. The van der Waals surface area contributed by atoms with Gasteiger partial charge in [-0.25, -0.2) is 0 Å². The molecule has 0 saturated heterocycles. The van der Waals surface area contributed by atoms with Crippen LogP contribution in [0.5, 0.6) is 10.1 Å². The van der Waals surface area contributed by atoms with Crippen LogP contribution in [0.2, 0.25) is 0 Å². The highest BCUT2D eigenvalue weighted by Crippen LogP contribution is 2.67. The fourth-order valence-electron chi connectivity index (χ4n) is 4.32. The fourth-order valence-corrected chi connectivity index (χ4v) is 6.48. The molecule has 0 fully saturated rings. The Kier molecular flexibility index (Phi) is 6.96. The molecule has 204 valence electrons. The van der Waals surface area contributed by atoms with Gasteiger partial charge in [0.05, 0.1) is 13.2 Å². The van der Waals surface area contributed by atoms with E-state index in [1.807, 2.05) is 0 Å². The molecule has 0 amide bonds. The smallest absolute Gasteiger partial charge is 0.380 e. The van der Waals surface area contributed by atoms with Crippen LogP contribution in [0.15, 0.2) is 61.2 Å². The minimum Gasteiger partial charge on any atom is -0.484 e. The second-order valence-electron chi connectivity index (χ2n) is 8.43. The standard InChI is InChI=1S/C27H20F6N2O2S2/c1-3-36-23-17(13-19(38-23)15-5-9-34-10-6-15)21-22(26(30,31)27(32,33)25(21,28)29)18-14-20(39-24(18)37-4-2)16-7-11-35-12-8-16/h5-14H,3-4H2,1-2H3. The first-order valence-electron chi connectivity index (χ1n) is 11.8. The molecule has 0 atom stereocenters. The van der Waals surface area contributed by atoms with Crippen molar-refractivity contribution in [3.63, 3.8) is 0 Å². The van der Waals surface area contributed by atoms with Crippen LogP contribution >= 0.6 is 22.7 Å². The van der Waals surface area contributed by atoms with Gasteiger partial charge >= 0.3 is 17.8 Å². The lowest BCUT2D eigenvalue weighted by atomic mass is 9.96. The minimum atomic E-state index is -5.71. The normalized spacial score (nSPS) is 17.4. The number of nitrogens with zero attached hydrogens (tertiary/aromatic N) is 2. The Hall–Kier alpha value is -3.38. The molecule has 4 aromatic heterocycles.